The predicted molar refractivity (Wildman–Crippen MR) is 92.5 cm³/mol. The lowest BCUT2D eigenvalue weighted by Crippen LogP contribution is -2.13. The Labute approximate surface area is 137 Å². The lowest BCUT2D eigenvalue weighted by molar-refractivity contribution is 0.152. The van der Waals surface area contributed by atoms with Gasteiger partial charge in [0.1, 0.15) is 11.5 Å². The topological polar surface area (TPSA) is 59.4 Å². The van der Waals surface area contributed by atoms with E-state index in [2.05, 4.69) is 6.92 Å². The molecular weight excluding hydrogens is 290 g/mol. The third-order valence-electron chi connectivity index (χ3n) is 2.79. The van der Waals surface area contributed by atoms with E-state index in [1.807, 2.05) is 19.1 Å². The first-order valence-corrected chi connectivity index (χ1v) is 7.65. The summed E-state index contributed by atoms with van der Waals surface area (Å²) < 4.78 is 9.91. The maximum Gasteiger partial charge on any atom is 0.519 e. The van der Waals surface area contributed by atoms with Crippen LogP contribution in [0.3, 0.4) is 0 Å². The quantitative estimate of drug-likeness (QED) is 0.451. The lowest BCUT2D eigenvalue weighted by atomic mass is 10.2. The summed E-state index contributed by atoms with van der Waals surface area (Å²) in [5, 5.41) is 7.00. The van der Waals surface area contributed by atoms with Gasteiger partial charge in [-0.3, -0.25) is 0 Å². The minimum atomic E-state index is -0.739. The molecule has 1 N–H and O–H groups in total. The molecule has 122 valence electrons. The SMILES string of the molecule is CCCCC(C)=N.O=C(Oc1ccccc1)Oc1ccccc1. The highest BCUT2D eigenvalue weighted by Gasteiger charge is 2.06. The van der Waals surface area contributed by atoms with E-state index in [4.69, 9.17) is 14.9 Å². The summed E-state index contributed by atoms with van der Waals surface area (Å²) in [7, 11) is 0. The van der Waals surface area contributed by atoms with Crippen molar-refractivity contribution in [1.82, 2.24) is 0 Å². The molecule has 0 unspecified atom stereocenters. The summed E-state index contributed by atoms with van der Waals surface area (Å²) in [4.78, 5) is 11.3. The van der Waals surface area contributed by atoms with Crippen LogP contribution in [-0.2, 0) is 0 Å². The summed E-state index contributed by atoms with van der Waals surface area (Å²) in [6.07, 6.45) is 2.62. The molecule has 0 aliphatic carbocycles. The third kappa shape index (κ3) is 9.09. The van der Waals surface area contributed by atoms with Crippen LogP contribution in [0.2, 0.25) is 0 Å². The molecule has 23 heavy (non-hydrogen) atoms. The number of carbonyl (C=O) groups excluding carboxylic acids is 1. The Hall–Kier alpha value is -2.62. The zero-order valence-corrected chi connectivity index (χ0v) is 13.6. The Morgan fingerprint density at radius 1 is 0.913 bits per heavy atom. The van der Waals surface area contributed by atoms with Gasteiger partial charge in [-0.2, -0.15) is 0 Å². The second kappa shape index (κ2) is 11.0. The summed E-state index contributed by atoms with van der Waals surface area (Å²) in [5.41, 5.74) is 0.807. The van der Waals surface area contributed by atoms with Crippen LogP contribution in [-0.4, -0.2) is 11.9 Å². The van der Waals surface area contributed by atoms with Gasteiger partial charge in [0.05, 0.1) is 0 Å². The number of benzene rings is 2. The molecule has 0 atom stereocenters. The van der Waals surface area contributed by atoms with Gasteiger partial charge >= 0.3 is 6.16 Å². The van der Waals surface area contributed by atoms with Crippen molar-refractivity contribution in [2.24, 2.45) is 0 Å². The molecular formula is C19H23NO3. The monoisotopic (exact) mass is 313 g/mol. The highest BCUT2D eigenvalue weighted by molar-refractivity contribution is 5.78. The molecule has 0 amide bonds. The van der Waals surface area contributed by atoms with Gasteiger partial charge in [-0.25, -0.2) is 4.79 Å². The summed E-state index contributed by atoms with van der Waals surface area (Å²) in [5.74, 6) is 0.923. The molecule has 4 heteroatoms. The number of nitrogens with one attached hydrogen (secondary N) is 1. The third-order valence-corrected chi connectivity index (χ3v) is 2.79. The van der Waals surface area contributed by atoms with E-state index in [0.29, 0.717) is 11.5 Å². The van der Waals surface area contributed by atoms with E-state index in [9.17, 15) is 4.79 Å². The van der Waals surface area contributed by atoms with Crippen molar-refractivity contribution in [3.05, 3.63) is 60.7 Å². The minimum absolute atomic E-state index is 0.462. The average molecular weight is 313 g/mol. The summed E-state index contributed by atoms with van der Waals surface area (Å²) >= 11 is 0. The molecule has 2 aromatic rings. The van der Waals surface area contributed by atoms with Crippen LogP contribution in [0.5, 0.6) is 11.5 Å². The lowest BCUT2D eigenvalue weighted by Gasteiger charge is -2.04. The van der Waals surface area contributed by atoms with Crippen molar-refractivity contribution in [2.75, 3.05) is 0 Å². The smallest absolute Gasteiger partial charge is 0.395 e. The van der Waals surface area contributed by atoms with Gasteiger partial charge in [0.15, 0.2) is 0 Å². The Kier molecular flexibility index (Phi) is 8.83. The fourth-order valence-electron chi connectivity index (χ4n) is 1.63. The number of hydrogen-bond donors (Lipinski definition) is 1. The van der Waals surface area contributed by atoms with Crippen LogP contribution in [0.4, 0.5) is 4.79 Å². The molecule has 0 aliphatic rings. The Morgan fingerprint density at radius 2 is 1.35 bits per heavy atom. The van der Waals surface area contributed by atoms with Crippen molar-refractivity contribution >= 4 is 11.9 Å². The van der Waals surface area contributed by atoms with E-state index in [-0.39, 0.29) is 0 Å². The van der Waals surface area contributed by atoms with Gasteiger partial charge in [-0.05, 0) is 44.0 Å². The first kappa shape index (κ1) is 18.4. The Bertz CT molecular complexity index is 539. The zero-order chi connectivity index (χ0) is 16.9. The first-order valence-electron chi connectivity index (χ1n) is 7.65. The van der Waals surface area contributed by atoms with Crippen molar-refractivity contribution in [3.63, 3.8) is 0 Å². The van der Waals surface area contributed by atoms with Crippen LogP contribution in [0, 0.1) is 5.41 Å². The fourth-order valence-corrected chi connectivity index (χ4v) is 1.63. The van der Waals surface area contributed by atoms with Gasteiger partial charge < -0.3 is 14.9 Å². The molecule has 2 rings (SSSR count). The van der Waals surface area contributed by atoms with Crippen molar-refractivity contribution in [1.29, 1.82) is 5.41 Å². The maximum absolute atomic E-state index is 11.3. The van der Waals surface area contributed by atoms with E-state index < -0.39 is 6.16 Å². The molecule has 0 bridgehead atoms. The molecule has 0 saturated heterocycles. The van der Waals surface area contributed by atoms with Crippen molar-refractivity contribution in [3.8, 4) is 11.5 Å². The molecule has 0 spiro atoms. The Balaban J connectivity index is 0.000000322. The zero-order valence-electron chi connectivity index (χ0n) is 13.6. The van der Waals surface area contributed by atoms with E-state index in [0.717, 1.165) is 12.1 Å². The van der Waals surface area contributed by atoms with Crippen LogP contribution >= 0.6 is 0 Å². The molecule has 0 aliphatic heterocycles. The standard InChI is InChI=1S/C13H10O3.C6H13N/c14-13(15-11-7-3-1-4-8-11)16-12-9-5-2-6-10-12;1-3-4-5-6(2)7/h1-10H;7H,3-5H2,1-2H3. The van der Waals surface area contributed by atoms with Crippen molar-refractivity contribution in [2.45, 2.75) is 33.1 Å². The number of rotatable bonds is 5. The maximum atomic E-state index is 11.3. The van der Waals surface area contributed by atoms with Crippen LogP contribution in [0.1, 0.15) is 33.1 Å². The average Bonchev–Trinajstić information content (AvgIpc) is 2.55. The molecule has 0 aromatic heterocycles. The number of ether oxygens (including phenoxy) is 2. The molecule has 0 saturated carbocycles. The van der Waals surface area contributed by atoms with Crippen LogP contribution in [0.25, 0.3) is 0 Å². The minimum Gasteiger partial charge on any atom is -0.395 e. The van der Waals surface area contributed by atoms with Crippen LogP contribution in [0.15, 0.2) is 60.7 Å². The normalized spacial score (nSPS) is 9.30. The Morgan fingerprint density at radius 3 is 1.65 bits per heavy atom. The number of carbonyl (C=O) groups is 1. The van der Waals surface area contributed by atoms with E-state index >= 15 is 0 Å². The van der Waals surface area contributed by atoms with Crippen LogP contribution < -0.4 is 9.47 Å². The molecule has 2 aromatic carbocycles. The summed E-state index contributed by atoms with van der Waals surface area (Å²) in [6, 6.07) is 17.6. The first-order chi connectivity index (χ1) is 11.1. The molecule has 0 fully saturated rings. The number of hydrogen-bond acceptors (Lipinski definition) is 4. The fraction of sp³-hybridized carbons (Fsp3) is 0.263. The summed E-state index contributed by atoms with van der Waals surface area (Å²) in [6.45, 7) is 4.00. The van der Waals surface area contributed by atoms with E-state index in [1.165, 1.54) is 12.8 Å². The molecule has 4 nitrogen and oxygen atoms in total. The van der Waals surface area contributed by atoms with E-state index in [1.54, 1.807) is 48.5 Å². The van der Waals surface area contributed by atoms with Gasteiger partial charge in [0, 0.05) is 5.71 Å². The number of unbranched alkanes of at least 4 members (excludes halogenated alkanes) is 1. The van der Waals surface area contributed by atoms with Gasteiger partial charge in [-0.15, -0.1) is 0 Å². The van der Waals surface area contributed by atoms with Gasteiger partial charge in [0.25, 0.3) is 0 Å². The molecule has 0 heterocycles. The number of para-hydroxylation sites is 2. The predicted octanol–water partition coefficient (Wildman–Crippen LogP) is 5.48. The largest absolute Gasteiger partial charge is 0.519 e. The molecule has 0 radical (unpaired) electrons. The van der Waals surface area contributed by atoms with Crippen molar-refractivity contribution < 1.29 is 14.3 Å². The highest BCUT2D eigenvalue weighted by atomic mass is 16.7. The highest BCUT2D eigenvalue weighted by Crippen LogP contribution is 2.12. The van der Waals surface area contributed by atoms with Gasteiger partial charge in [0.2, 0.25) is 0 Å². The second-order valence-electron chi connectivity index (χ2n) is 4.96. The second-order valence-corrected chi connectivity index (χ2v) is 4.96. The van der Waals surface area contributed by atoms with Gasteiger partial charge in [-0.1, -0.05) is 49.7 Å².